The molecule has 1 rings (SSSR count). The molecule has 9 nitrogen and oxygen atoms in total. The van der Waals surface area contributed by atoms with Crippen LogP contribution in [0.2, 0.25) is 0 Å². The van der Waals surface area contributed by atoms with Crippen molar-refractivity contribution in [3.05, 3.63) is 0 Å². The van der Waals surface area contributed by atoms with Crippen LogP contribution < -0.4 is 0 Å². The fraction of sp³-hybridized carbons (Fsp3) is 0.800. The van der Waals surface area contributed by atoms with Crippen LogP contribution >= 0.6 is 0 Å². The molecule has 4 atom stereocenters. The van der Waals surface area contributed by atoms with Gasteiger partial charge < -0.3 is 19.3 Å². The van der Waals surface area contributed by atoms with E-state index in [2.05, 4.69) is 4.74 Å². The van der Waals surface area contributed by atoms with Crippen LogP contribution in [0.25, 0.3) is 0 Å². The van der Waals surface area contributed by atoms with E-state index in [1.165, 1.54) is 0 Å². The lowest BCUT2D eigenvalue weighted by molar-refractivity contribution is -0.171. The van der Waals surface area contributed by atoms with Gasteiger partial charge in [0.15, 0.2) is 12.4 Å². The van der Waals surface area contributed by atoms with E-state index in [-0.39, 0.29) is 6.61 Å². The van der Waals surface area contributed by atoms with Crippen molar-refractivity contribution < 1.29 is 41.5 Å². The predicted octanol–water partition coefficient (Wildman–Crippen LogP) is -1.46. The number of ether oxygens (including phenoxy) is 3. The van der Waals surface area contributed by atoms with Gasteiger partial charge in [-0.25, -0.2) is 0 Å². The second-order valence-electron chi connectivity index (χ2n) is 4.21. The number of aliphatic hydroxyl groups is 1. The van der Waals surface area contributed by atoms with E-state index in [1.807, 2.05) is 0 Å². The van der Waals surface area contributed by atoms with E-state index in [1.54, 1.807) is 0 Å². The van der Waals surface area contributed by atoms with Gasteiger partial charge in [-0.1, -0.05) is 0 Å². The van der Waals surface area contributed by atoms with E-state index in [0.29, 0.717) is 0 Å². The maximum Gasteiger partial charge on any atom is 0.303 e. The molecular weight excluding hydrogens is 296 g/mol. The Labute approximate surface area is 115 Å². The molecule has 0 aliphatic carbocycles. The number of esters is 2. The Kier molecular flexibility index (Phi) is 5.45. The zero-order chi connectivity index (χ0) is 15.5. The highest BCUT2D eigenvalue weighted by Crippen LogP contribution is 2.27. The molecule has 1 fully saturated rings. The van der Waals surface area contributed by atoms with E-state index < -0.39 is 46.7 Å². The number of carbonyl (C=O) groups excluding carboxylic acids is 2. The molecule has 1 saturated heterocycles. The molecule has 0 amide bonds. The molecule has 116 valence electrons. The average molecular weight is 312 g/mol. The topological polar surface area (TPSA) is 125 Å². The maximum atomic E-state index is 11.2. The maximum absolute atomic E-state index is 11.2. The van der Waals surface area contributed by atoms with Crippen LogP contribution in [0.15, 0.2) is 0 Å². The fourth-order valence-electron chi connectivity index (χ4n) is 1.68. The second-order valence-corrected chi connectivity index (χ2v) is 5.81. The molecule has 1 unspecified atom stereocenters. The molecule has 1 aliphatic rings. The molecular formula is C10H16O9S. The summed E-state index contributed by atoms with van der Waals surface area (Å²) in [6.07, 6.45) is -4.49. The molecule has 0 aromatic heterocycles. The minimum absolute atomic E-state index is 0.343. The Bertz CT molecular complexity index is 471. The third kappa shape index (κ3) is 5.04. The summed E-state index contributed by atoms with van der Waals surface area (Å²) in [5.41, 5.74) is 0. The van der Waals surface area contributed by atoms with Crippen molar-refractivity contribution in [3.8, 4) is 0 Å². The van der Waals surface area contributed by atoms with Gasteiger partial charge in [-0.15, -0.1) is 0 Å². The normalized spacial score (nSPS) is 30.0. The standard InChI is InChI=1S/C10H16O9S/c1-5(11)16-4-7-8(19-20(3,14)15)9(10(13)18-7)17-6(2)12/h7-10,13H,4H2,1-3H3/t7-,8+,9-,10?/m1/s1. The van der Waals surface area contributed by atoms with Crippen molar-refractivity contribution in [2.45, 2.75) is 38.4 Å². The summed E-state index contributed by atoms with van der Waals surface area (Å²) in [7, 11) is -3.89. The van der Waals surface area contributed by atoms with Crippen LogP contribution in [0.5, 0.6) is 0 Å². The SMILES string of the molecule is CC(=O)OC[C@H]1OC(O)[C@H](OC(C)=O)[C@H]1OS(C)(=O)=O. The summed E-state index contributed by atoms with van der Waals surface area (Å²) >= 11 is 0. The molecule has 0 spiro atoms. The molecule has 0 aromatic carbocycles. The van der Waals surface area contributed by atoms with Crippen LogP contribution in [0.4, 0.5) is 0 Å². The van der Waals surface area contributed by atoms with Gasteiger partial charge in [0.2, 0.25) is 0 Å². The minimum atomic E-state index is -3.89. The summed E-state index contributed by atoms with van der Waals surface area (Å²) in [5, 5.41) is 9.63. The smallest absolute Gasteiger partial charge is 0.303 e. The largest absolute Gasteiger partial charge is 0.463 e. The molecule has 1 heterocycles. The molecule has 0 bridgehead atoms. The number of aliphatic hydroxyl groups excluding tert-OH is 1. The molecule has 10 heteroatoms. The Hall–Kier alpha value is -1.23. The first-order valence-electron chi connectivity index (χ1n) is 5.62. The molecule has 1 aliphatic heterocycles. The van der Waals surface area contributed by atoms with Crippen LogP contribution in [0.1, 0.15) is 13.8 Å². The monoisotopic (exact) mass is 312 g/mol. The Balaban J connectivity index is 2.87. The van der Waals surface area contributed by atoms with Crippen LogP contribution in [-0.2, 0) is 38.1 Å². The number of hydrogen-bond acceptors (Lipinski definition) is 9. The van der Waals surface area contributed by atoms with Gasteiger partial charge in [0, 0.05) is 13.8 Å². The number of carbonyl (C=O) groups is 2. The van der Waals surface area contributed by atoms with Gasteiger partial charge in [0.25, 0.3) is 10.1 Å². The molecule has 0 aromatic rings. The summed E-state index contributed by atoms with van der Waals surface area (Å²) in [4.78, 5) is 21.7. The Morgan fingerprint density at radius 2 is 1.80 bits per heavy atom. The Morgan fingerprint density at radius 3 is 2.25 bits per heavy atom. The van der Waals surface area contributed by atoms with Gasteiger partial charge in [0.05, 0.1) is 6.26 Å². The molecule has 1 N–H and O–H groups in total. The second kappa shape index (κ2) is 6.48. The quantitative estimate of drug-likeness (QED) is 0.479. The van der Waals surface area contributed by atoms with Crippen LogP contribution in [-0.4, -0.2) is 62.9 Å². The first-order chi connectivity index (χ1) is 9.10. The van der Waals surface area contributed by atoms with Crippen molar-refractivity contribution in [1.29, 1.82) is 0 Å². The summed E-state index contributed by atoms with van der Waals surface area (Å²) < 4.78 is 41.6. The van der Waals surface area contributed by atoms with Crippen molar-refractivity contribution in [2.24, 2.45) is 0 Å². The van der Waals surface area contributed by atoms with Gasteiger partial charge in [-0.05, 0) is 0 Å². The molecule has 20 heavy (non-hydrogen) atoms. The summed E-state index contributed by atoms with van der Waals surface area (Å²) in [6, 6.07) is 0. The first kappa shape index (κ1) is 16.8. The highest BCUT2D eigenvalue weighted by molar-refractivity contribution is 7.86. The van der Waals surface area contributed by atoms with Gasteiger partial charge in [-0.3, -0.25) is 13.8 Å². The zero-order valence-corrected chi connectivity index (χ0v) is 12.0. The van der Waals surface area contributed by atoms with Crippen LogP contribution in [0, 0.1) is 0 Å². The average Bonchev–Trinajstić information content (AvgIpc) is 2.52. The van der Waals surface area contributed by atoms with Crippen molar-refractivity contribution in [1.82, 2.24) is 0 Å². The van der Waals surface area contributed by atoms with Crippen molar-refractivity contribution in [2.75, 3.05) is 12.9 Å². The highest BCUT2D eigenvalue weighted by Gasteiger charge is 2.49. The fourth-order valence-corrected chi connectivity index (χ4v) is 2.31. The van der Waals surface area contributed by atoms with Gasteiger partial charge in [-0.2, -0.15) is 8.42 Å². The lowest BCUT2D eigenvalue weighted by Crippen LogP contribution is -2.41. The third-order valence-electron chi connectivity index (χ3n) is 2.32. The first-order valence-corrected chi connectivity index (χ1v) is 7.44. The van der Waals surface area contributed by atoms with Crippen LogP contribution in [0.3, 0.4) is 0 Å². The van der Waals surface area contributed by atoms with Gasteiger partial charge >= 0.3 is 11.9 Å². The lowest BCUT2D eigenvalue weighted by atomic mass is 10.1. The van der Waals surface area contributed by atoms with Crippen molar-refractivity contribution >= 4 is 22.1 Å². The Morgan fingerprint density at radius 1 is 1.20 bits per heavy atom. The van der Waals surface area contributed by atoms with E-state index in [9.17, 15) is 23.1 Å². The van der Waals surface area contributed by atoms with E-state index in [4.69, 9.17) is 13.7 Å². The molecule has 0 radical (unpaired) electrons. The molecule has 0 saturated carbocycles. The van der Waals surface area contributed by atoms with E-state index >= 15 is 0 Å². The minimum Gasteiger partial charge on any atom is -0.463 e. The third-order valence-corrected chi connectivity index (χ3v) is 2.90. The van der Waals surface area contributed by atoms with Crippen molar-refractivity contribution in [3.63, 3.8) is 0 Å². The lowest BCUT2D eigenvalue weighted by Gasteiger charge is -2.21. The predicted molar refractivity (Wildman–Crippen MR) is 62.8 cm³/mol. The highest BCUT2D eigenvalue weighted by atomic mass is 32.2. The summed E-state index contributed by atoms with van der Waals surface area (Å²) in [6.45, 7) is 1.90. The number of rotatable bonds is 5. The summed E-state index contributed by atoms with van der Waals surface area (Å²) in [5.74, 6) is -1.36. The zero-order valence-electron chi connectivity index (χ0n) is 11.1. The van der Waals surface area contributed by atoms with E-state index in [0.717, 1.165) is 20.1 Å². The number of hydrogen-bond donors (Lipinski definition) is 1. The van der Waals surface area contributed by atoms with Gasteiger partial charge in [0.1, 0.15) is 18.8 Å².